The summed E-state index contributed by atoms with van der Waals surface area (Å²) in [4.78, 5) is 15.5. The van der Waals surface area contributed by atoms with Gasteiger partial charge in [0, 0.05) is 30.6 Å². The number of carbonyl (C=O) groups is 1. The normalized spacial score (nSPS) is 12.2. The van der Waals surface area contributed by atoms with Crippen LogP contribution in [0.3, 0.4) is 0 Å². The molecule has 2 aromatic rings. The Balaban J connectivity index is 1.97. The van der Waals surface area contributed by atoms with Gasteiger partial charge >= 0.3 is 0 Å². The minimum Gasteiger partial charge on any atom is -0.326 e. The lowest BCUT2D eigenvalue weighted by Gasteiger charge is -2.14. The Morgan fingerprint density at radius 2 is 2.25 bits per heavy atom. The van der Waals surface area contributed by atoms with Crippen molar-refractivity contribution in [3.8, 4) is 0 Å². The van der Waals surface area contributed by atoms with Crippen molar-refractivity contribution in [1.82, 2.24) is 10.3 Å². The van der Waals surface area contributed by atoms with Gasteiger partial charge in [-0.1, -0.05) is 12.1 Å². The van der Waals surface area contributed by atoms with Crippen molar-refractivity contribution in [1.29, 1.82) is 0 Å². The van der Waals surface area contributed by atoms with Crippen molar-refractivity contribution in [2.24, 2.45) is 0 Å². The number of hydrogen-bond donors (Lipinski definition) is 2. The SMILES string of the molecule is CC(=O)Nc1cccc(C(C)NCc2csc(C)n2)c1. The highest BCUT2D eigenvalue weighted by atomic mass is 32.1. The zero-order chi connectivity index (χ0) is 14.5. The molecule has 1 amide bonds. The first-order valence-corrected chi connectivity index (χ1v) is 7.44. The Kier molecular flexibility index (Phi) is 4.87. The first-order chi connectivity index (χ1) is 9.54. The lowest BCUT2D eigenvalue weighted by Crippen LogP contribution is -2.18. The monoisotopic (exact) mass is 289 g/mol. The summed E-state index contributed by atoms with van der Waals surface area (Å²) in [5, 5.41) is 9.40. The molecule has 5 heteroatoms. The maximum Gasteiger partial charge on any atom is 0.221 e. The Morgan fingerprint density at radius 3 is 2.90 bits per heavy atom. The number of nitrogens with one attached hydrogen (secondary N) is 2. The lowest BCUT2D eigenvalue weighted by atomic mass is 10.1. The van der Waals surface area contributed by atoms with Crippen LogP contribution < -0.4 is 10.6 Å². The molecule has 106 valence electrons. The largest absolute Gasteiger partial charge is 0.326 e. The van der Waals surface area contributed by atoms with Gasteiger partial charge in [0.15, 0.2) is 0 Å². The number of anilines is 1. The zero-order valence-electron chi connectivity index (χ0n) is 11.9. The highest BCUT2D eigenvalue weighted by Gasteiger charge is 2.07. The number of benzene rings is 1. The average Bonchev–Trinajstić information content (AvgIpc) is 2.81. The zero-order valence-corrected chi connectivity index (χ0v) is 12.8. The van der Waals surface area contributed by atoms with E-state index in [-0.39, 0.29) is 11.9 Å². The summed E-state index contributed by atoms with van der Waals surface area (Å²) in [5.41, 5.74) is 3.04. The second-order valence-corrected chi connectivity index (χ2v) is 5.83. The van der Waals surface area contributed by atoms with Crippen LogP contribution in [-0.2, 0) is 11.3 Å². The predicted molar refractivity (Wildman–Crippen MR) is 82.9 cm³/mol. The number of hydrogen-bond acceptors (Lipinski definition) is 4. The molecule has 20 heavy (non-hydrogen) atoms. The molecule has 0 saturated heterocycles. The highest BCUT2D eigenvalue weighted by Crippen LogP contribution is 2.18. The van der Waals surface area contributed by atoms with Crippen LogP contribution in [0.1, 0.15) is 36.2 Å². The Morgan fingerprint density at radius 1 is 1.45 bits per heavy atom. The van der Waals surface area contributed by atoms with Crippen LogP contribution in [0.25, 0.3) is 0 Å². The first-order valence-electron chi connectivity index (χ1n) is 6.56. The molecule has 1 unspecified atom stereocenters. The third-order valence-corrected chi connectivity index (χ3v) is 3.79. The Bertz CT molecular complexity index is 594. The molecule has 1 heterocycles. The van der Waals surface area contributed by atoms with Gasteiger partial charge in [-0.3, -0.25) is 4.79 Å². The summed E-state index contributed by atoms with van der Waals surface area (Å²) in [6.45, 7) is 6.37. The molecule has 1 aromatic carbocycles. The summed E-state index contributed by atoms with van der Waals surface area (Å²) in [6.07, 6.45) is 0. The molecule has 0 saturated carbocycles. The van der Waals surface area contributed by atoms with E-state index in [1.54, 1.807) is 11.3 Å². The van der Waals surface area contributed by atoms with Crippen LogP contribution in [0, 0.1) is 6.92 Å². The van der Waals surface area contributed by atoms with Gasteiger partial charge in [-0.15, -0.1) is 11.3 Å². The number of aromatic nitrogens is 1. The smallest absolute Gasteiger partial charge is 0.221 e. The van der Waals surface area contributed by atoms with Crippen LogP contribution in [0.2, 0.25) is 0 Å². The molecule has 2 rings (SSSR count). The van der Waals surface area contributed by atoms with E-state index in [9.17, 15) is 4.79 Å². The average molecular weight is 289 g/mol. The van der Waals surface area contributed by atoms with Crippen LogP contribution in [0.4, 0.5) is 5.69 Å². The van der Waals surface area contributed by atoms with Crippen LogP contribution >= 0.6 is 11.3 Å². The van der Waals surface area contributed by atoms with E-state index in [0.29, 0.717) is 0 Å². The molecule has 1 atom stereocenters. The lowest BCUT2D eigenvalue weighted by molar-refractivity contribution is -0.114. The summed E-state index contributed by atoms with van der Waals surface area (Å²) in [6, 6.07) is 8.08. The first kappa shape index (κ1) is 14.7. The molecule has 0 aliphatic heterocycles. The van der Waals surface area contributed by atoms with Gasteiger partial charge in [-0.2, -0.15) is 0 Å². The van der Waals surface area contributed by atoms with Crippen molar-refractivity contribution in [2.45, 2.75) is 33.4 Å². The van der Waals surface area contributed by atoms with Gasteiger partial charge in [0.25, 0.3) is 0 Å². The maximum absolute atomic E-state index is 11.1. The molecule has 0 aliphatic carbocycles. The number of carbonyl (C=O) groups excluding carboxylic acids is 1. The molecular weight excluding hydrogens is 270 g/mol. The molecule has 0 aliphatic rings. The second kappa shape index (κ2) is 6.63. The third-order valence-electron chi connectivity index (χ3n) is 2.96. The quantitative estimate of drug-likeness (QED) is 0.888. The van der Waals surface area contributed by atoms with Crippen LogP contribution in [0.15, 0.2) is 29.6 Å². The van der Waals surface area contributed by atoms with E-state index in [1.165, 1.54) is 6.92 Å². The minimum atomic E-state index is -0.0549. The van der Waals surface area contributed by atoms with Crippen molar-refractivity contribution in [2.75, 3.05) is 5.32 Å². The van der Waals surface area contributed by atoms with E-state index in [2.05, 4.69) is 34.0 Å². The molecule has 0 spiro atoms. The van der Waals surface area contributed by atoms with Crippen molar-refractivity contribution in [3.63, 3.8) is 0 Å². The molecule has 0 fully saturated rings. The van der Waals surface area contributed by atoms with Gasteiger partial charge in [-0.05, 0) is 31.5 Å². The fourth-order valence-corrected chi connectivity index (χ4v) is 2.57. The van der Waals surface area contributed by atoms with Gasteiger partial charge in [-0.25, -0.2) is 4.98 Å². The number of thiazole rings is 1. The fraction of sp³-hybridized carbons (Fsp3) is 0.333. The number of amides is 1. The standard InChI is InChI=1S/C15H19N3OS/c1-10(16-8-15-9-20-12(3)18-15)13-5-4-6-14(7-13)17-11(2)19/h4-7,9-10,16H,8H2,1-3H3,(H,17,19). The maximum atomic E-state index is 11.1. The molecule has 0 radical (unpaired) electrons. The van der Waals surface area contributed by atoms with Gasteiger partial charge in [0.2, 0.25) is 5.91 Å². The van der Waals surface area contributed by atoms with Gasteiger partial charge in [0.1, 0.15) is 0 Å². The molecule has 4 nitrogen and oxygen atoms in total. The summed E-state index contributed by atoms with van der Waals surface area (Å²) >= 11 is 1.66. The summed E-state index contributed by atoms with van der Waals surface area (Å²) in [5.74, 6) is -0.0549. The molecular formula is C15H19N3OS. The van der Waals surface area contributed by atoms with E-state index < -0.39 is 0 Å². The summed E-state index contributed by atoms with van der Waals surface area (Å²) < 4.78 is 0. The van der Waals surface area contributed by atoms with Crippen LogP contribution in [-0.4, -0.2) is 10.9 Å². The second-order valence-electron chi connectivity index (χ2n) is 4.77. The van der Waals surface area contributed by atoms with Gasteiger partial charge in [0.05, 0.1) is 10.7 Å². The molecule has 0 bridgehead atoms. The van der Waals surface area contributed by atoms with E-state index in [1.807, 2.05) is 25.1 Å². The van der Waals surface area contributed by atoms with Crippen LogP contribution in [0.5, 0.6) is 0 Å². The predicted octanol–water partition coefficient (Wildman–Crippen LogP) is 3.26. The topological polar surface area (TPSA) is 54.0 Å². The third kappa shape index (κ3) is 4.15. The van der Waals surface area contributed by atoms with Crippen molar-refractivity contribution >= 4 is 22.9 Å². The number of aryl methyl sites for hydroxylation is 1. The van der Waals surface area contributed by atoms with E-state index in [4.69, 9.17) is 0 Å². The van der Waals surface area contributed by atoms with Crippen molar-refractivity contribution in [3.05, 3.63) is 45.9 Å². The molecule has 2 N–H and O–H groups in total. The summed E-state index contributed by atoms with van der Waals surface area (Å²) in [7, 11) is 0. The van der Waals surface area contributed by atoms with E-state index in [0.717, 1.165) is 28.5 Å². The Labute approximate surface area is 123 Å². The minimum absolute atomic E-state index is 0.0549. The van der Waals surface area contributed by atoms with Gasteiger partial charge < -0.3 is 10.6 Å². The highest BCUT2D eigenvalue weighted by molar-refractivity contribution is 7.09. The fourth-order valence-electron chi connectivity index (χ4n) is 1.95. The van der Waals surface area contributed by atoms with E-state index >= 15 is 0 Å². The number of rotatable bonds is 5. The molecule has 1 aromatic heterocycles. The Hall–Kier alpha value is -1.72. The van der Waals surface area contributed by atoms with Crippen molar-refractivity contribution < 1.29 is 4.79 Å². The number of nitrogens with zero attached hydrogens (tertiary/aromatic N) is 1.